The highest BCUT2D eigenvalue weighted by molar-refractivity contribution is 5.84. The van der Waals surface area contributed by atoms with Crippen LogP contribution in [0.3, 0.4) is 0 Å². The first kappa shape index (κ1) is 17.9. The van der Waals surface area contributed by atoms with Gasteiger partial charge in [-0.25, -0.2) is 0 Å². The molecule has 2 aromatic carbocycles. The lowest BCUT2D eigenvalue weighted by Gasteiger charge is -2.32. The van der Waals surface area contributed by atoms with Crippen LogP contribution in [-0.4, -0.2) is 39.3 Å². The number of aromatic nitrogens is 3. The Kier molecular flexibility index (Phi) is 4.56. The van der Waals surface area contributed by atoms with Crippen molar-refractivity contribution in [2.45, 2.75) is 32.4 Å². The fourth-order valence-corrected chi connectivity index (χ4v) is 4.17. The summed E-state index contributed by atoms with van der Waals surface area (Å²) in [6.07, 6.45) is 3.84. The van der Waals surface area contributed by atoms with E-state index >= 15 is 0 Å². The molecule has 2 N–H and O–H groups in total. The van der Waals surface area contributed by atoms with E-state index in [2.05, 4.69) is 38.3 Å². The second-order valence-electron chi connectivity index (χ2n) is 7.82. The van der Waals surface area contributed by atoms with Crippen molar-refractivity contribution in [2.24, 2.45) is 0 Å². The number of aromatic amines is 2. The lowest BCUT2D eigenvalue weighted by atomic mass is 10.1. The lowest BCUT2D eigenvalue weighted by molar-refractivity contribution is 0.0959. The van der Waals surface area contributed by atoms with E-state index < -0.39 is 0 Å². The average Bonchev–Trinajstić information content (AvgIpc) is 3.14. The Hall–Kier alpha value is -3.12. The molecule has 0 aliphatic carbocycles. The number of nitrogens with one attached hydrogen (secondary N) is 2. The van der Waals surface area contributed by atoms with Gasteiger partial charge in [-0.3, -0.25) is 14.8 Å². The molecule has 5 rings (SSSR count). The lowest BCUT2D eigenvalue weighted by Crippen LogP contribution is -2.38. The number of para-hydroxylation sites is 1. The smallest absolute Gasteiger partial charge is 0.255 e. The zero-order valence-corrected chi connectivity index (χ0v) is 16.4. The van der Waals surface area contributed by atoms with E-state index in [4.69, 9.17) is 4.74 Å². The molecule has 0 radical (unpaired) electrons. The van der Waals surface area contributed by atoms with Gasteiger partial charge in [0, 0.05) is 36.6 Å². The van der Waals surface area contributed by atoms with Crippen LogP contribution in [0.5, 0.6) is 5.75 Å². The average molecular weight is 388 g/mol. The molecular formula is C23H24N4O2. The zero-order chi connectivity index (χ0) is 19.8. The summed E-state index contributed by atoms with van der Waals surface area (Å²) in [4.78, 5) is 17.1. The van der Waals surface area contributed by atoms with Crippen LogP contribution in [0.2, 0.25) is 0 Å². The van der Waals surface area contributed by atoms with Crippen molar-refractivity contribution in [1.82, 2.24) is 20.1 Å². The Bertz CT molecular complexity index is 1220. The van der Waals surface area contributed by atoms with E-state index in [-0.39, 0.29) is 11.7 Å². The number of likely N-dealkylation sites (tertiary alicyclic amines) is 1. The maximum Gasteiger partial charge on any atom is 0.255 e. The van der Waals surface area contributed by atoms with Crippen molar-refractivity contribution in [1.29, 1.82) is 0 Å². The molecule has 6 heteroatoms. The van der Waals surface area contributed by atoms with Crippen molar-refractivity contribution in [3.63, 3.8) is 0 Å². The number of aryl methyl sites for hydroxylation is 1. The number of fused-ring (bicyclic) bond motifs is 2. The van der Waals surface area contributed by atoms with E-state index in [1.54, 1.807) is 6.20 Å². The number of piperidine rings is 1. The molecule has 1 fully saturated rings. The highest BCUT2D eigenvalue weighted by Crippen LogP contribution is 2.27. The second kappa shape index (κ2) is 7.37. The van der Waals surface area contributed by atoms with Crippen LogP contribution in [0.25, 0.3) is 21.7 Å². The number of ether oxygens (including phenoxy) is 1. The summed E-state index contributed by atoms with van der Waals surface area (Å²) < 4.78 is 6.33. The van der Waals surface area contributed by atoms with Crippen molar-refractivity contribution in [3.8, 4) is 5.75 Å². The highest BCUT2D eigenvalue weighted by Gasteiger charge is 2.22. The van der Waals surface area contributed by atoms with Crippen LogP contribution < -0.4 is 10.3 Å². The van der Waals surface area contributed by atoms with Gasteiger partial charge in [0.25, 0.3) is 5.56 Å². The monoisotopic (exact) mass is 388 g/mol. The summed E-state index contributed by atoms with van der Waals surface area (Å²) >= 11 is 0. The number of hydrogen-bond acceptors (Lipinski definition) is 4. The number of H-pyrrole nitrogens is 2. The Morgan fingerprint density at radius 3 is 2.83 bits per heavy atom. The summed E-state index contributed by atoms with van der Waals surface area (Å²) in [5.74, 6) is 0.875. The van der Waals surface area contributed by atoms with E-state index in [9.17, 15) is 4.79 Å². The third-order valence-corrected chi connectivity index (χ3v) is 5.82. The molecule has 0 bridgehead atoms. The van der Waals surface area contributed by atoms with Gasteiger partial charge < -0.3 is 9.72 Å². The molecule has 1 aliphatic heterocycles. The fraction of sp³-hybridized carbons (Fsp3) is 0.304. The van der Waals surface area contributed by atoms with Gasteiger partial charge in [-0.15, -0.1) is 0 Å². The first-order valence-electron chi connectivity index (χ1n) is 10.1. The van der Waals surface area contributed by atoms with E-state index in [1.807, 2.05) is 31.2 Å². The van der Waals surface area contributed by atoms with Crippen molar-refractivity contribution in [2.75, 3.05) is 13.1 Å². The predicted octanol–water partition coefficient (Wildman–Crippen LogP) is 3.76. The maximum atomic E-state index is 12.0. The Morgan fingerprint density at radius 1 is 1.14 bits per heavy atom. The van der Waals surface area contributed by atoms with Gasteiger partial charge >= 0.3 is 0 Å². The molecular weight excluding hydrogens is 364 g/mol. The number of benzene rings is 2. The van der Waals surface area contributed by atoms with Crippen molar-refractivity contribution in [3.05, 3.63) is 70.3 Å². The van der Waals surface area contributed by atoms with E-state index in [1.165, 1.54) is 5.39 Å². The second-order valence-corrected chi connectivity index (χ2v) is 7.82. The standard InChI is InChI=1S/C23H24N4O2/c1-15-12-19-16(6-9-24-23(19)28)13-22(15)29-17-7-10-27(11-8-17)14-21-18-4-2-3-5-20(18)25-26-21/h2-6,9,12-13,17H,7-8,10-11,14H2,1H3,(H,24,28)(H,25,26). The summed E-state index contributed by atoms with van der Waals surface area (Å²) in [6, 6.07) is 14.1. The molecule has 6 nitrogen and oxygen atoms in total. The molecule has 148 valence electrons. The van der Waals surface area contributed by atoms with Crippen LogP contribution >= 0.6 is 0 Å². The Morgan fingerprint density at radius 2 is 1.97 bits per heavy atom. The summed E-state index contributed by atoms with van der Waals surface area (Å²) in [5.41, 5.74) is 3.14. The molecule has 0 saturated carbocycles. The van der Waals surface area contributed by atoms with Crippen LogP contribution in [-0.2, 0) is 6.54 Å². The number of nitrogens with zero attached hydrogens (tertiary/aromatic N) is 2. The van der Waals surface area contributed by atoms with Gasteiger partial charge in [0.2, 0.25) is 0 Å². The van der Waals surface area contributed by atoms with Crippen LogP contribution in [0.1, 0.15) is 24.1 Å². The number of rotatable bonds is 4. The fourth-order valence-electron chi connectivity index (χ4n) is 4.17. The molecule has 0 amide bonds. The van der Waals surface area contributed by atoms with Crippen molar-refractivity contribution >= 4 is 21.7 Å². The molecule has 4 aromatic rings. The largest absolute Gasteiger partial charge is 0.490 e. The van der Waals surface area contributed by atoms with Crippen LogP contribution in [0.4, 0.5) is 0 Å². The maximum absolute atomic E-state index is 12.0. The van der Waals surface area contributed by atoms with Gasteiger partial charge in [-0.2, -0.15) is 5.10 Å². The van der Waals surface area contributed by atoms with Crippen LogP contribution in [0.15, 0.2) is 53.5 Å². The quantitative estimate of drug-likeness (QED) is 0.558. The first-order chi connectivity index (χ1) is 14.2. The molecule has 3 heterocycles. The number of hydrogen-bond donors (Lipinski definition) is 2. The molecule has 0 atom stereocenters. The topological polar surface area (TPSA) is 74.0 Å². The zero-order valence-electron chi connectivity index (χ0n) is 16.4. The van der Waals surface area contributed by atoms with Gasteiger partial charge in [-0.05, 0) is 55.0 Å². The van der Waals surface area contributed by atoms with E-state index in [0.717, 1.165) is 60.4 Å². The van der Waals surface area contributed by atoms with Gasteiger partial charge in [0.1, 0.15) is 11.9 Å². The minimum Gasteiger partial charge on any atom is -0.490 e. The van der Waals surface area contributed by atoms with Gasteiger partial charge in [0.05, 0.1) is 11.2 Å². The molecule has 1 saturated heterocycles. The highest BCUT2D eigenvalue weighted by atomic mass is 16.5. The van der Waals surface area contributed by atoms with Crippen LogP contribution in [0, 0.1) is 6.92 Å². The minimum atomic E-state index is -0.0589. The molecule has 0 spiro atoms. The molecule has 0 unspecified atom stereocenters. The SMILES string of the molecule is Cc1cc2c(=O)[nH]ccc2cc1OC1CCN(Cc2n[nH]c3ccccc23)CC1. The normalized spacial score (nSPS) is 15.9. The predicted molar refractivity (Wildman–Crippen MR) is 114 cm³/mol. The molecule has 2 aromatic heterocycles. The third kappa shape index (κ3) is 3.51. The summed E-state index contributed by atoms with van der Waals surface area (Å²) in [7, 11) is 0. The third-order valence-electron chi connectivity index (χ3n) is 5.82. The number of pyridine rings is 1. The van der Waals surface area contributed by atoms with E-state index in [0.29, 0.717) is 5.39 Å². The molecule has 29 heavy (non-hydrogen) atoms. The Balaban J connectivity index is 1.25. The molecule has 1 aliphatic rings. The Labute approximate surface area is 168 Å². The first-order valence-corrected chi connectivity index (χ1v) is 10.1. The van der Waals surface area contributed by atoms with Gasteiger partial charge in [0.15, 0.2) is 0 Å². The summed E-state index contributed by atoms with van der Waals surface area (Å²) in [5, 5.41) is 10.4. The minimum absolute atomic E-state index is 0.0589. The summed E-state index contributed by atoms with van der Waals surface area (Å²) in [6.45, 7) is 4.82. The van der Waals surface area contributed by atoms with Gasteiger partial charge in [-0.1, -0.05) is 18.2 Å². The van der Waals surface area contributed by atoms with Crippen molar-refractivity contribution < 1.29 is 4.74 Å².